The second-order valence-corrected chi connectivity index (χ2v) is 13.1. The lowest BCUT2D eigenvalue weighted by molar-refractivity contribution is -0.143. The van der Waals surface area contributed by atoms with Crippen LogP contribution in [0.4, 0.5) is 0 Å². The number of hydrogen-bond donors (Lipinski definition) is 1. The second kappa shape index (κ2) is 6.79. The number of benzene rings is 1. The van der Waals surface area contributed by atoms with Crippen LogP contribution in [-0.2, 0) is 16.6 Å². The van der Waals surface area contributed by atoms with Crippen LogP contribution in [0.1, 0.15) is 62.5 Å². The molecule has 1 aromatic rings. The van der Waals surface area contributed by atoms with Gasteiger partial charge in [0, 0.05) is 30.6 Å². The molecule has 0 unspecified atom stereocenters. The molecule has 3 aliphatic heterocycles. The van der Waals surface area contributed by atoms with Crippen molar-refractivity contribution in [1.82, 2.24) is 14.7 Å². The first-order chi connectivity index (χ1) is 16.5. The standard InChI is InChI=1S/C29H39N3O2/c1-30-11-2-3-24(30)27(34)32-17-20-15-28-9-8-23(32)26(20)29(28)10-12-31(16-18-4-5-18)25(28)13-19-6-7-21(33)14-22(19)29/h6-7,14,18,20,23-26,33H,2-5,8-13,15-17H2,1H3/t20-,23-,24-,25-,26-,28-,29+/m1/s1. The Hall–Kier alpha value is -1.59. The normalized spacial score (nSPS) is 44.9. The van der Waals surface area contributed by atoms with Gasteiger partial charge >= 0.3 is 0 Å². The van der Waals surface area contributed by atoms with Gasteiger partial charge in [0.25, 0.3) is 0 Å². The Kier molecular flexibility index (Phi) is 4.11. The van der Waals surface area contributed by atoms with Gasteiger partial charge in [0.2, 0.25) is 5.91 Å². The molecule has 1 N–H and O–H groups in total. The summed E-state index contributed by atoms with van der Waals surface area (Å²) in [7, 11) is 2.14. The number of likely N-dealkylation sites (tertiary alicyclic amines) is 3. The number of nitrogens with zero attached hydrogens (tertiary/aromatic N) is 3. The van der Waals surface area contributed by atoms with Gasteiger partial charge in [0.05, 0.1) is 6.04 Å². The van der Waals surface area contributed by atoms with Crippen molar-refractivity contribution in [2.24, 2.45) is 23.2 Å². The SMILES string of the molecule is CN1CCC[C@@H]1C(=O)N1C[C@H]2C[C@@]34CC[C@@H]1[C@@H]2[C@@]31CCN(CC2CC2)[C@@H]4Cc2ccc(O)cc21. The number of rotatable bonds is 3. The van der Waals surface area contributed by atoms with Gasteiger partial charge < -0.3 is 10.0 Å². The largest absolute Gasteiger partial charge is 0.508 e. The van der Waals surface area contributed by atoms with E-state index >= 15 is 0 Å². The van der Waals surface area contributed by atoms with Crippen LogP contribution in [0.15, 0.2) is 18.2 Å². The summed E-state index contributed by atoms with van der Waals surface area (Å²) in [5.41, 5.74) is 3.44. The summed E-state index contributed by atoms with van der Waals surface area (Å²) in [5.74, 6) is 2.97. The summed E-state index contributed by atoms with van der Waals surface area (Å²) in [6.07, 6.45) is 11.1. The molecule has 7 atom stereocenters. The molecule has 7 aliphatic rings. The molecular formula is C29H39N3O2. The van der Waals surface area contributed by atoms with E-state index in [0.717, 1.165) is 38.3 Å². The number of carbonyl (C=O) groups excluding carboxylic acids is 1. The van der Waals surface area contributed by atoms with E-state index < -0.39 is 0 Å². The summed E-state index contributed by atoms with van der Waals surface area (Å²) in [5, 5.41) is 10.6. The molecule has 0 spiro atoms. The van der Waals surface area contributed by atoms with E-state index in [9.17, 15) is 9.90 Å². The van der Waals surface area contributed by atoms with E-state index in [2.05, 4.69) is 33.9 Å². The Bertz CT molecular complexity index is 1050. The van der Waals surface area contributed by atoms with E-state index in [0.29, 0.717) is 41.0 Å². The van der Waals surface area contributed by atoms with Crippen molar-refractivity contribution >= 4 is 5.91 Å². The molecular weight excluding hydrogens is 422 g/mol. The van der Waals surface area contributed by atoms with Gasteiger partial charge in [-0.3, -0.25) is 14.6 Å². The van der Waals surface area contributed by atoms with Crippen molar-refractivity contribution < 1.29 is 9.90 Å². The summed E-state index contributed by atoms with van der Waals surface area (Å²) >= 11 is 0. The fourth-order valence-corrected chi connectivity index (χ4v) is 10.6. The lowest BCUT2D eigenvalue weighted by atomic mass is 9.43. The second-order valence-electron chi connectivity index (χ2n) is 13.1. The van der Waals surface area contributed by atoms with Gasteiger partial charge in [-0.2, -0.15) is 0 Å². The minimum Gasteiger partial charge on any atom is -0.508 e. The molecule has 0 aromatic heterocycles. The molecule has 6 fully saturated rings. The molecule has 5 nitrogen and oxygen atoms in total. The van der Waals surface area contributed by atoms with Gasteiger partial charge in [0.1, 0.15) is 5.75 Å². The minimum absolute atomic E-state index is 0.0961. The number of hydrogen-bond acceptors (Lipinski definition) is 4. The third-order valence-electron chi connectivity index (χ3n) is 11.9. The molecule has 4 aliphatic carbocycles. The Labute approximate surface area is 203 Å². The molecule has 1 aromatic carbocycles. The summed E-state index contributed by atoms with van der Waals surface area (Å²) < 4.78 is 0. The van der Waals surface area contributed by atoms with Crippen LogP contribution < -0.4 is 0 Å². The van der Waals surface area contributed by atoms with Crippen LogP contribution in [-0.4, -0.2) is 77.1 Å². The van der Waals surface area contributed by atoms with Crippen molar-refractivity contribution in [2.45, 2.75) is 81.3 Å². The molecule has 4 bridgehead atoms. The van der Waals surface area contributed by atoms with Crippen molar-refractivity contribution in [3.8, 4) is 5.75 Å². The highest BCUT2D eigenvalue weighted by Gasteiger charge is 2.76. The highest BCUT2D eigenvalue weighted by Crippen LogP contribution is 2.75. The van der Waals surface area contributed by atoms with Crippen LogP contribution in [0.25, 0.3) is 0 Å². The van der Waals surface area contributed by atoms with E-state index in [-0.39, 0.29) is 11.5 Å². The lowest BCUT2D eigenvalue weighted by Crippen LogP contribution is -2.70. The Balaban J connectivity index is 1.23. The zero-order valence-electron chi connectivity index (χ0n) is 20.6. The molecule has 3 heterocycles. The quantitative estimate of drug-likeness (QED) is 0.750. The molecule has 0 radical (unpaired) electrons. The molecule has 34 heavy (non-hydrogen) atoms. The summed E-state index contributed by atoms with van der Waals surface area (Å²) in [6.45, 7) is 4.53. The highest BCUT2D eigenvalue weighted by atomic mass is 16.3. The van der Waals surface area contributed by atoms with Gasteiger partial charge in [-0.05, 0) is 124 Å². The van der Waals surface area contributed by atoms with E-state index in [4.69, 9.17) is 0 Å². The first kappa shape index (κ1) is 20.6. The number of likely N-dealkylation sites (N-methyl/N-ethyl adjacent to an activating group) is 1. The Morgan fingerprint density at radius 3 is 2.82 bits per heavy atom. The number of carbonyl (C=O) groups is 1. The van der Waals surface area contributed by atoms with Crippen molar-refractivity contribution in [3.05, 3.63) is 29.3 Å². The molecule has 8 rings (SSSR count). The summed E-state index contributed by atoms with van der Waals surface area (Å²) in [4.78, 5) is 21.4. The zero-order valence-corrected chi connectivity index (χ0v) is 20.6. The number of amides is 1. The van der Waals surface area contributed by atoms with Gasteiger partial charge in [-0.25, -0.2) is 0 Å². The average molecular weight is 462 g/mol. The Morgan fingerprint density at radius 2 is 2.03 bits per heavy atom. The third-order valence-corrected chi connectivity index (χ3v) is 11.9. The number of piperidine rings is 1. The third kappa shape index (κ3) is 2.41. The monoisotopic (exact) mass is 461 g/mol. The van der Waals surface area contributed by atoms with Gasteiger partial charge in [-0.1, -0.05) is 6.07 Å². The maximum absolute atomic E-state index is 13.8. The van der Waals surface area contributed by atoms with E-state index in [1.165, 1.54) is 62.7 Å². The molecule has 1 amide bonds. The first-order valence-electron chi connectivity index (χ1n) is 14.1. The van der Waals surface area contributed by atoms with Crippen LogP contribution in [0.5, 0.6) is 5.75 Å². The molecule has 3 saturated carbocycles. The van der Waals surface area contributed by atoms with E-state index in [1.54, 1.807) is 0 Å². The topological polar surface area (TPSA) is 47.0 Å². The highest BCUT2D eigenvalue weighted by molar-refractivity contribution is 5.83. The minimum atomic E-state index is 0.0961. The molecule has 3 saturated heterocycles. The first-order valence-corrected chi connectivity index (χ1v) is 14.1. The van der Waals surface area contributed by atoms with Crippen LogP contribution in [0.3, 0.4) is 0 Å². The van der Waals surface area contributed by atoms with Crippen LogP contribution >= 0.6 is 0 Å². The van der Waals surface area contributed by atoms with Crippen molar-refractivity contribution in [1.29, 1.82) is 0 Å². The predicted molar refractivity (Wildman–Crippen MR) is 131 cm³/mol. The van der Waals surface area contributed by atoms with E-state index in [1.807, 2.05) is 6.07 Å². The smallest absolute Gasteiger partial charge is 0.240 e. The maximum Gasteiger partial charge on any atom is 0.240 e. The van der Waals surface area contributed by atoms with Crippen molar-refractivity contribution in [3.63, 3.8) is 0 Å². The number of phenols is 1. The fraction of sp³-hybridized carbons (Fsp3) is 0.759. The maximum atomic E-state index is 13.8. The molecule has 5 heteroatoms. The predicted octanol–water partition coefficient (Wildman–Crippen LogP) is 3.39. The Morgan fingerprint density at radius 1 is 1.15 bits per heavy atom. The van der Waals surface area contributed by atoms with Crippen LogP contribution in [0.2, 0.25) is 0 Å². The van der Waals surface area contributed by atoms with Gasteiger partial charge in [0.15, 0.2) is 0 Å². The van der Waals surface area contributed by atoms with Gasteiger partial charge in [-0.15, -0.1) is 0 Å². The molecule has 182 valence electrons. The average Bonchev–Trinajstić information content (AvgIpc) is 3.33. The fourth-order valence-electron chi connectivity index (χ4n) is 10.6. The lowest BCUT2D eigenvalue weighted by Gasteiger charge is -2.66. The van der Waals surface area contributed by atoms with Crippen LogP contribution in [0, 0.1) is 23.2 Å². The number of phenolic OH excluding ortho intramolecular Hbond substituents is 1. The summed E-state index contributed by atoms with van der Waals surface area (Å²) in [6, 6.07) is 7.44. The number of aromatic hydroxyl groups is 1. The number of fused-ring (bicyclic) bond motifs is 1. The van der Waals surface area contributed by atoms with Crippen molar-refractivity contribution in [2.75, 3.05) is 33.2 Å². The zero-order chi connectivity index (χ0) is 22.8.